The van der Waals surface area contributed by atoms with Crippen molar-refractivity contribution in [3.05, 3.63) is 17.7 Å². The quantitative estimate of drug-likeness (QED) is 0.595. The smallest absolute Gasteiger partial charge is 0.358 e. The van der Waals surface area contributed by atoms with Crippen LogP contribution in [0.2, 0.25) is 0 Å². The molecule has 0 aliphatic rings. The van der Waals surface area contributed by atoms with Gasteiger partial charge in [0.2, 0.25) is 0 Å². The minimum Gasteiger partial charge on any atom is -0.461 e. The number of aromatic nitrogens is 3. The minimum atomic E-state index is -0.462. The van der Waals surface area contributed by atoms with Crippen molar-refractivity contribution in [2.24, 2.45) is 0 Å². The maximum Gasteiger partial charge on any atom is 0.358 e. The number of ether oxygens (including phenoxy) is 1. The molecule has 0 saturated carbocycles. The normalized spacial score (nSPS) is 9.50. The van der Waals surface area contributed by atoms with Crippen molar-refractivity contribution in [1.82, 2.24) is 15.2 Å². The van der Waals surface area contributed by atoms with Crippen LogP contribution < -0.4 is 0 Å². The predicted molar refractivity (Wildman–Crippen MR) is 40.5 cm³/mol. The highest BCUT2D eigenvalue weighted by Crippen LogP contribution is 1.94. The maximum atomic E-state index is 11.0. The Morgan fingerprint density at radius 2 is 2.42 bits per heavy atom. The molecular weight excluding hydrogens is 158 g/mol. The molecule has 0 spiro atoms. The summed E-state index contributed by atoms with van der Waals surface area (Å²) >= 11 is 0. The summed E-state index contributed by atoms with van der Waals surface area (Å²) in [6, 6.07) is 0. The third kappa shape index (κ3) is 1.98. The Morgan fingerprint density at radius 3 is 3.00 bits per heavy atom. The van der Waals surface area contributed by atoms with Crippen LogP contribution in [0.5, 0.6) is 0 Å². The number of hydrogen-bond donors (Lipinski definition) is 0. The minimum absolute atomic E-state index is 0.198. The number of esters is 1. The summed E-state index contributed by atoms with van der Waals surface area (Å²) in [5, 5.41) is 7.19. The van der Waals surface area contributed by atoms with Gasteiger partial charge >= 0.3 is 5.97 Å². The molecule has 0 amide bonds. The second kappa shape index (κ2) is 3.75. The molecule has 0 aromatic carbocycles. The van der Waals surface area contributed by atoms with Crippen molar-refractivity contribution in [3.63, 3.8) is 0 Å². The molecular formula is C7H9N3O2. The topological polar surface area (TPSA) is 65.0 Å². The first kappa shape index (κ1) is 8.58. The maximum absolute atomic E-state index is 11.0. The van der Waals surface area contributed by atoms with E-state index in [1.54, 1.807) is 13.8 Å². The van der Waals surface area contributed by atoms with Gasteiger partial charge in [-0.1, -0.05) is 0 Å². The van der Waals surface area contributed by atoms with Gasteiger partial charge in [0.05, 0.1) is 12.8 Å². The van der Waals surface area contributed by atoms with Gasteiger partial charge in [0.25, 0.3) is 0 Å². The zero-order valence-corrected chi connectivity index (χ0v) is 6.94. The van der Waals surface area contributed by atoms with E-state index >= 15 is 0 Å². The first-order chi connectivity index (χ1) is 5.74. The van der Waals surface area contributed by atoms with Crippen LogP contribution >= 0.6 is 0 Å². The van der Waals surface area contributed by atoms with Crippen molar-refractivity contribution in [2.75, 3.05) is 6.61 Å². The molecule has 0 N–H and O–H groups in total. The third-order valence-electron chi connectivity index (χ3n) is 1.15. The second-order valence-electron chi connectivity index (χ2n) is 2.11. The molecule has 0 saturated heterocycles. The van der Waals surface area contributed by atoms with E-state index in [0.717, 1.165) is 0 Å². The molecule has 0 unspecified atom stereocenters. The van der Waals surface area contributed by atoms with Crippen LogP contribution in [0.1, 0.15) is 23.2 Å². The van der Waals surface area contributed by atoms with Crippen molar-refractivity contribution < 1.29 is 9.53 Å². The van der Waals surface area contributed by atoms with Crippen molar-refractivity contribution >= 4 is 5.97 Å². The molecule has 5 heteroatoms. The van der Waals surface area contributed by atoms with E-state index in [1.165, 1.54) is 6.20 Å². The van der Waals surface area contributed by atoms with Crippen LogP contribution in [0.3, 0.4) is 0 Å². The number of nitrogens with zero attached hydrogens (tertiary/aromatic N) is 3. The summed E-state index contributed by atoms with van der Waals surface area (Å²) in [5.41, 5.74) is 0.198. The SMILES string of the molecule is CCOC(=O)c1cnnc(C)n1. The van der Waals surface area contributed by atoms with Gasteiger partial charge in [0.1, 0.15) is 5.82 Å². The highest BCUT2D eigenvalue weighted by molar-refractivity contribution is 5.86. The lowest BCUT2D eigenvalue weighted by atomic mass is 10.4. The summed E-state index contributed by atoms with van der Waals surface area (Å²) in [6.07, 6.45) is 1.28. The van der Waals surface area contributed by atoms with Crippen LogP contribution in [-0.2, 0) is 4.74 Å². The van der Waals surface area contributed by atoms with Gasteiger partial charge < -0.3 is 4.74 Å². The number of carbonyl (C=O) groups is 1. The number of aryl methyl sites for hydroxylation is 1. The van der Waals surface area contributed by atoms with Crippen molar-refractivity contribution in [1.29, 1.82) is 0 Å². The Hall–Kier alpha value is -1.52. The first-order valence-corrected chi connectivity index (χ1v) is 3.57. The molecule has 5 nitrogen and oxygen atoms in total. The van der Waals surface area contributed by atoms with Gasteiger partial charge in [-0.25, -0.2) is 9.78 Å². The average Bonchev–Trinajstić information content (AvgIpc) is 2.05. The van der Waals surface area contributed by atoms with Crippen LogP contribution in [0, 0.1) is 6.92 Å². The number of rotatable bonds is 2. The van der Waals surface area contributed by atoms with Crippen molar-refractivity contribution in [3.8, 4) is 0 Å². The van der Waals surface area contributed by atoms with E-state index in [4.69, 9.17) is 4.74 Å². The summed E-state index contributed by atoms with van der Waals surface area (Å²) < 4.78 is 4.71. The highest BCUT2D eigenvalue weighted by atomic mass is 16.5. The second-order valence-corrected chi connectivity index (χ2v) is 2.11. The summed E-state index contributed by atoms with van der Waals surface area (Å²) in [4.78, 5) is 14.9. The molecule has 0 fully saturated rings. The summed E-state index contributed by atoms with van der Waals surface area (Å²) in [6.45, 7) is 3.73. The zero-order chi connectivity index (χ0) is 8.97. The molecule has 0 bridgehead atoms. The van der Waals surface area contributed by atoms with Gasteiger partial charge in [-0.15, -0.1) is 5.10 Å². The van der Waals surface area contributed by atoms with Gasteiger partial charge in [-0.3, -0.25) is 0 Å². The molecule has 1 aromatic rings. The van der Waals surface area contributed by atoms with Gasteiger partial charge in [0.15, 0.2) is 5.69 Å². The van der Waals surface area contributed by atoms with Gasteiger partial charge in [0, 0.05) is 0 Å². The van der Waals surface area contributed by atoms with E-state index in [9.17, 15) is 4.79 Å². The fraction of sp³-hybridized carbons (Fsp3) is 0.429. The molecule has 0 atom stereocenters. The summed E-state index contributed by atoms with van der Waals surface area (Å²) in [5.74, 6) is -0.00365. The number of hydrogen-bond acceptors (Lipinski definition) is 5. The largest absolute Gasteiger partial charge is 0.461 e. The molecule has 1 rings (SSSR count). The predicted octanol–water partition coefficient (Wildman–Crippen LogP) is 0.357. The van der Waals surface area contributed by atoms with Crippen LogP contribution in [0.4, 0.5) is 0 Å². The lowest BCUT2D eigenvalue weighted by molar-refractivity contribution is 0.0518. The molecule has 64 valence electrons. The lowest BCUT2D eigenvalue weighted by Gasteiger charge is -1.99. The molecule has 0 radical (unpaired) electrons. The Balaban J connectivity index is 2.81. The highest BCUT2D eigenvalue weighted by Gasteiger charge is 2.08. The third-order valence-corrected chi connectivity index (χ3v) is 1.15. The van der Waals surface area contributed by atoms with E-state index < -0.39 is 5.97 Å². The van der Waals surface area contributed by atoms with Gasteiger partial charge in [-0.05, 0) is 13.8 Å². The molecule has 0 aliphatic carbocycles. The molecule has 1 heterocycles. The first-order valence-electron chi connectivity index (χ1n) is 3.57. The fourth-order valence-electron chi connectivity index (χ4n) is 0.696. The summed E-state index contributed by atoms with van der Waals surface area (Å²) in [7, 11) is 0. The van der Waals surface area contributed by atoms with Crippen molar-refractivity contribution in [2.45, 2.75) is 13.8 Å². The van der Waals surface area contributed by atoms with Gasteiger partial charge in [-0.2, -0.15) is 5.10 Å². The number of carbonyl (C=O) groups excluding carboxylic acids is 1. The Morgan fingerprint density at radius 1 is 1.67 bits per heavy atom. The standard InChI is InChI=1S/C7H9N3O2/c1-3-12-7(11)6-4-8-10-5(2)9-6/h4H,3H2,1-2H3. The van der Waals surface area contributed by atoms with E-state index in [1.807, 2.05) is 0 Å². The molecule has 1 aromatic heterocycles. The van der Waals surface area contributed by atoms with Crippen LogP contribution in [0.15, 0.2) is 6.20 Å². The molecule has 0 aliphatic heterocycles. The molecule has 12 heavy (non-hydrogen) atoms. The monoisotopic (exact) mass is 167 g/mol. The average molecular weight is 167 g/mol. The lowest BCUT2D eigenvalue weighted by Crippen LogP contribution is -2.09. The van der Waals surface area contributed by atoms with Crippen LogP contribution in [0.25, 0.3) is 0 Å². The van der Waals surface area contributed by atoms with E-state index in [-0.39, 0.29) is 5.69 Å². The van der Waals surface area contributed by atoms with E-state index in [0.29, 0.717) is 12.4 Å². The fourth-order valence-corrected chi connectivity index (χ4v) is 0.696. The van der Waals surface area contributed by atoms with E-state index in [2.05, 4.69) is 15.2 Å². The zero-order valence-electron chi connectivity index (χ0n) is 6.94. The van der Waals surface area contributed by atoms with Crippen LogP contribution in [-0.4, -0.2) is 27.8 Å². The Labute approximate surface area is 69.8 Å². The Kier molecular flexibility index (Phi) is 2.68. The Bertz CT molecular complexity index is 288.